The van der Waals surface area contributed by atoms with E-state index in [2.05, 4.69) is 48.4 Å². The van der Waals surface area contributed by atoms with Crippen molar-refractivity contribution >= 4 is 16.3 Å². The molecule has 3 aromatic rings. The average molecular weight is 397 g/mol. The molecule has 1 aromatic carbocycles. The second kappa shape index (κ2) is 8.58. The number of hydrogen-bond acceptors (Lipinski definition) is 3. The van der Waals surface area contributed by atoms with Crippen LogP contribution in [0.15, 0.2) is 46.7 Å². The summed E-state index contributed by atoms with van der Waals surface area (Å²) in [4.78, 5) is 17.6. The molecule has 0 aliphatic heterocycles. The third-order valence-electron chi connectivity index (χ3n) is 6.05. The first-order valence-corrected chi connectivity index (χ1v) is 11.4. The lowest BCUT2D eigenvalue weighted by Gasteiger charge is -2.23. The van der Waals surface area contributed by atoms with Gasteiger partial charge in [0.1, 0.15) is 18.3 Å². The van der Waals surface area contributed by atoms with E-state index in [4.69, 9.17) is 0 Å². The van der Waals surface area contributed by atoms with Gasteiger partial charge in [-0.05, 0) is 24.3 Å². The summed E-state index contributed by atoms with van der Waals surface area (Å²) in [6.45, 7) is 5.25. The van der Waals surface area contributed by atoms with Crippen molar-refractivity contribution in [2.45, 2.75) is 64.5 Å². The Morgan fingerprint density at radius 3 is 2.64 bits per heavy atom. The Hall–Kier alpha value is -1.98. The van der Waals surface area contributed by atoms with E-state index in [1.54, 1.807) is 16.7 Å². The summed E-state index contributed by atoms with van der Waals surface area (Å²) in [5, 5.41) is 4.23. The summed E-state index contributed by atoms with van der Waals surface area (Å²) in [5.41, 5.74) is 3.73. The summed E-state index contributed by atoms with van der Waals surface area (Å²) in [6.07, 6.45) is 8.60. The van der Waals surface area contributed by atoms with Crippen molar-refractivity contribution < 1.29 is 5.32 Å². The van der Waals surface area contributed by atoms with E-state index < -0.39 is 0 Å². The molecule has 2 aromatic heterocycles. The van der Waals surface area contributed by atoms with Crippen LogP contribution in [0.4, 0.5) is 0 Å². The first-order chi connectivity index (χ1) is 13.6. The second-order valence-corrected chi connectivity index (χ2v) is 9.23. The highest BCUT2D eigenvalue weighted by molar-refractivity contribution is 7.15. The Bertz CT molecular complexity index is 967. The Balaban J connectivity index is 1.48. The fourth-order valence-electron chi connectivity index (χ4n) is 4.46. The minimum absolute atomic E-state index is 0.00702. The third kappa shape index (κ3) is 4.20. The van der Waals surface area contributed by atoms with Gasteiger partial charge in [0.15, 0.2) is 4.96 Å². The summed E-state index contributed by atoms with van der Waals surface area (Å²) in [5.74, 6) is 1.26. The number of hydrogen-bond donors (Lipinski definition) is 1. The quantitative estimate of drug-likeness (QED) is 0.677. The first kappa shape index (κ1) is 19.3. The van der Waals surface area contributed by atoms with Crippen LogP contribution >= 0.6 is 11.3 Å². The highest BCUT2D eigenvalue weighted by Gasteiger charge is 2.21. The lowest BCUT2D eigenvalue weighted by molar-refractivity contribution is -0.717. The van der Waals surface area contributed by atoms with Crippen LogP contribution in [0, 0.1) is 5.92 Å². The molecule has 28 heavy (non-hydrogen) atoms. The molecule has 0 amide bonds. The van der Waals surface area contributed by atoms with Gasteiger partial charge < -0.3 is 5.32 Å². The van der Waals surface area contributed by atoms with E-state index in [0.717, 1.165) is 23.1 Å². The van der Waals surface area contributed by atoms with Crippen molar-refractivity contribution in [1.82, 2.24) is 9.38 Å². The van der Waals surface area contributed by atoms with Gasteiger partial charge in [0.25, 0.3) is 5.56 Å². The third-order valence-corrected chi connectivity index (χ3v) is 6.81. The SMILES string of the molecule is CC(C)[C@H]([NH2+]Cc1cc(=O)n2ccsc2n1)c1ccc(C2CCCCC2)cc1. The number of aromatic nitrogens is 2. The largest absolute Gasteiger partial charge is 0.335 e. The maximum Gasteiger partial charge on any atom is 0.258 e. The fraction of sp³-hybridized carbons (Fsp3) is 0.478. The minimum Gasteiger partial charge on any atom is -0.335 e. The number of benzene rings is 1. The van der Waals surface area contributed by atoms with E-state index in [1.165, 1.54) is 54.6 Å². The summed E-state index contributed by atoms with van der Waals surface area (Å²) in [7, 11) is 0. The van der Waals surface area contributed by atoms with Crippen LogP contribution in [0.3, 0.4) is 0 Å². The van der Waals surface area contributed by atoms with Crippen molar-refractivity contribution in [1.29, 1.82) is 0 Å². The van der Waals surface area contributed by atoms with Gasteiger partial charge in [-0.3, -0.25) is 9.20 Å². The Labute approximate surface area is 170 Å². The van der Waals surface area contributed by atoms with Gasteiger partial charge >= 0.3 is 0 Å². The van der Waals surface area contributed by atoms with Crippen molar-refractivity contribution in [2.24, 2.45) is 5.92 Å². The van der Waals surface area contributed by atoms with Crippen molar-refractivity contribution in [2.75, 3.05) is 0 Å². The van der Waals surface area contributed by atoms with E-state index >= 15 is 0 Å². The number of nitrogens with two attached hydrogens (primary N) is 1. The van der Waals surface area contributed by atoms with Crippen molar-refractivity contribution in [3.63, 3.8) is 0 Å². The molecule has 1 saturated carbocycles. The standard InChI is InChI=1S/C23H29N3OS/c1-16(2)22(19-10-8-18(9-11-19)17-6-4-3-5-7-17)24-15-20-14-21(27)26-12-13-28-23(26)25-20/h8-14,16-17,22,24H,3-7,15H2,1-2H3/p+1/t22-/m0/s1. The van der Waals surface area contributed by atoms with E-state index in [9.17, 15) is 4.79 Å². The first-order valence-electron chi connectivity index (χ1n) is 10.5. The van der Waals surface area contributed by atoms with Crippen molar-refractivity contribution in [3.8, 4) is 0 Å². The number of thiazole rings is 1. The van der Waals surface area contributed by atoms with Crippen LogP contribution in [-0.4, -0.2) is 9.38 Å². The zero-order valence-corrected chi connectivity index (χ0v) is 17.6. The van der Waals surface area contributed by atoms with Gasteiger partial charge in [-0.2, -0.15) is 0 Å². The molecule has 2 heterocycles. The molecule has 0 radical (unpaired) electrons. The molecule has 1 aliphatic rings. The number of fused-ring (bicyclic) bond motifs is 1. The average Bonchev–Trinajstić information content (AvgIpc) is 3.18. The van der Waals surface area contributed by atoms with E-state index in [1.807, 2.05) is 5.38 Å². The summed E-state index contributed by atoms with van der Waals surface area (Å²) in [6, 6.07) is 11.4. The van der Waals surface area contributed by atoms with Crippen LogP contribution in [0.1, 0.15) is 74.7 Å². The lowest BCUT2D eigenvalue weighted by atomic mass is 9.83. The number of quaternary nitrogens is 1. The molecule has 1 fully saturated rings. The smallest absolute Gasteiger partial charge is 0.258 e. The molecule has 4 rings (SSSR count). The lowest BCUT2D eigenvalue weighted by Crippen LogP contribution is -2.84. The Morgan fingerprint density at radius 1 is 1.18 bits per heavy atom. The highest BCUT2D eigenvalue weighted by atomic mass is 32.1. The normalized spacial score (nSPS) is 16.7. The Kier molecular flexibility index (Phi) is 5.93. The molecular formula is C23H30N3OS+. The maximum absolute atomic E-state index is 12.2. The van der Waals surface area contributed by atoms with Gasteiger partial charge in [-0.15, -0.1) is 11.3 Å². The van der Waals surface area contributed by atoms with Crippen LogP contribution in [-0.2, 0) is 6.54 Å². The molecule has 1 aliphatic carbocycles. The van der Waals surface area contributed by atoms with Crippen LogP contribution < -0.4 is 10.9 Å². The molecule has 5 heteroatoms. The van der Waals surface area contributed by atoms with Gasteiger partial charge in [-0.25, -0.2) is 4.98 Å². The molecule has 0 saturated heterocycles. The topological polar surface area (TPSA) is 51.0 Å². The van der Waals surface area contributed by atoms with Gasteiger partial charge in [0, 0.05) is 29.1 Å². The molecule has 1 atom stereocenters. The molecule has 2 N–H and O–H groups in total. The molecular weight excluding hydrogens is 366 g/mol. The van der Waals surface area contributed by atoms with Gasteiger partial charge in [-0.1, -0.05) is 57.4 Å². The predicted molar refractivity (Wildman–Crippen MR) is 115 cm³/mol. The number of rotatable bonds is 6. The molecule has 0 bridgehead atoms. The second-order valence-electron chi connectivity index (χ2n) is 8.35. The zero-order valence-electron chi connectivity index (χ0n) is 16.8. The minimum atomic E-state index is 0.00702. The number of nitrogens with zero attached hydrogens (tertiary/aromatic N) is 2. The predicted octanol–water partition coefficient (Wildman–Crippen LogP) is 4.26. The van der Waals surface area contributed by atoms with Gasteiger partial charge in [0.05, 0.1) is 0 Å². The zero-order chi connectivity index (χ0) is 19.5. The van der Waals surface area contributed by atoms with Crippen molar-refractivity contribution in [3.05, 3.63) is 69.1 Å². The molecule has 4 nitrogen and oxygen atoms in total. The molecule has 148 valence electrons. The van der Waals surface area contributed by atoms with E-state index in [0.29, 0.717) is 12.0 Å². The molecule has 0 unspecified atom stereocenters. The Morgan fingerprint density at radius 2 is 1.93 bits per heavy atom. The highest BCUT2D eigenvalue weighted by Crippen LogP contribution is 2.33. The summed E-state index contributed by atoms with van der Waals surface area (Å²) >= 11 is 1.51. The summed E-state index contributed by atoms with van der Waals surface area (Å²) < 4.78 is 1.61. The molecule has 0 spiro atoms. The fourth-order valence-corrected chi connectivity index (χ4v) is 5.20. The van der Waals surface area contributed by atoms with Crippen LogP contribution in [0.2, 0.25) is 0 Å². The van der Waals surface area contributed by atoms with Crippen LogP contribution in [0.5, 0.6) is 0 Å². The van der Waals surface area contributed by atoms with E-state index in [-0.39, 0.29) is 5.56 Å². The van der Waals surface area contributed by atoms with Crippen LogP contribution in [0.25, 0.3) is 4.96 Å². The van der Waals surface area contributed by atoms with Gasteiger partial charge in [0.2, 0.25) is 0 Å². The monoisotopic (exact) mass is 396 g/mol. The maximum atomic E-state index is 12.2.